The van der Waals surface area contributed by atoms with Gasteiger partial charge in [-0.15, -0.1) is 0 Å². The first-order chi connectivity index (χ1) is 9.86. The quantitative estimate of drug-likeness (QED) is 0.802. The van der Waals surface area contributed by atoms with Crippen molar-refractivity contribution in [2.75, 3.05) is 14.2 Å². The molecule has 2 N–H and O–H groups in total. The molecule has 2 nitrogen and oxygen atoms in total. The van der Waals surface area contributed by atoms with Crippen molar-refractivity contribution in [3.63, 3.8) is 0 Å². The molecule has 0 aromatic heterocycles. The molecule has 0 unspecified atom stereocenters. The second kappa shape index (κ2) is 21.8. The molecule has 0 atom stereocenters. The van der Waals surface area contributed by atoms with Gasteiger partial charge in [-0.05, 0) is 0 Å². The Labute approximate surface area is 149 Å². The van der Waals surface area contributed by atoms with Crippen LogP contribution in [0.2, 0.25) is 0 Å². The van der Waals surface area contributed by atoms with Crippen LogP contribution in [0.4, 0.5) is 0 Å². The summed E-state index contributed by atoms with van der Waals surface area (Å²) in [5.74, 6) is 0. The molecule has 21 heavy (non-hydrogen) atoms. The summed E-state index contributed by atoms with van der Waals surface area (Å²) in [7, 11) is 2.00. The molecule has 3 heteroatoms. The molecule has 0 radical (unpaired) electrons. The van der Waals surface area contributed by atoms with E-state index in [0.717, 1.165) is 14.2 Å². The Bertz CT molecular complexity index is 303. The SMILES string of the molecule is CCC[c-]1cccc1.CCC[c-]1cccc1.CO.CO.[Zr+2]. The predicted molar refractivity (Wildman–Crippen MR) is 88.3 cm³/mol. The van der Waals surface area contributed by atoms with Crippen LogP contribution in [0.25, 0.3) is 0 Å². The van der Waals surface area contributed by atoms with Crippen LogP contribution in [0.3, 0.4) is 0 Å². The van der Waals surface area contributed by atoms with Gasteiger partial charge in [0.1, 0.15) is 0 Å². The molecule has 0 saturated heterocycles. The first kappa shape index (κ1) is 25.5. The van der Waals surface area contributed by atoms with Crippen molar-refractivity contribution in [3.8, 4) is 0 Å². The van der Waals surface area contributed by atoms with E-state index in [0.29, 0.717) is 0 Å². The summed E-state index contributed by atoms with van der Waals surface area (Å²) >= 11 is 0. The van der Waals surface area contributed by atoms with E-state index in [1.54, 1.807) is 0 Å². The monoisotopic (exact) mass is 368 g/mol. The zero-order valence-corrected chi connectivity index (χ0v) is 16.3. The molecule has 0 fully saturated rings. The summed E-state index contributed by atoms with van der Waals surface area (Å²) < 4.78 is 0. The van der Waals surface area contributed by atoms with Crippen molar-refractivity contribution in [1.29, 1.82) is 0 Å². The van der Waals surface area contributed by atoms with Crippen LogP contribution >= 0.6 is 0 Å². The number of hydrogen-bond donors (Lipinski definition) is 2. The Morgan fingerprint density at radius 2 is 0.857 bits per heavy atom. The number of aryl methyl sites for hydroxylation is 2. The molecule has 0 spiro atoms. The second-order valence-corrected chi connectivity index (χ2v) is 4.09. The molecule has 0 bridgehead atoms. The number of aliphatic hydroxyl groups is 2. The van der Waals surface area contributed by atoms with E-state index < -0.39 is 0 Å². The van der Waals surface area contributed by atoms with E-state index in [1.165, 1.54) is 36.8 Å². The summed E-state index contributed by atoms with van der Waals surface area (Å²) in [6, 6.07) is 17.0. The van der Waals surface area contributed by atoms with E-state index in [4.69, 9.17) is 10.2 Å². The van der Waals surface area contributed by atoms with Gasteiger partial charge in [-0.25, -0.2) is 24.3 Å². The Morgan fingerprint density at radius 1 is 0.619 bits per heavy atom. The number of hydrogen-bond acceptors (Lipinski definition) is 2. The van der Waals surface area contributed by atoms with Gasteiger partial charge < -0.3 is 10.2 Å². The summed E-state index contributed by atoms with van der Waals surface area (Å²) in [6.45, 7) is 4.40. The van der Waals surface area contributed by atoms with E-state index in [9.17, 15) is 0 Å². The largest absolute Gasteiger partial charge is 2.00 e. The minimum Gasteiger partial charge on any atom is -0.400 e. The van der Waals surface area contributed by atoms with E-state index in [2.05, 4.69) is 62.4 Å². The molecule has 0 amide bonds. The third-order valence-electron chi connectivity index (χ3n) is 2.54. The molecule has 0 saturated carbocycles. The van der Waals surface area contributed by atoms with E-state index in [1.807, 2.05) is 0 Å². The molecule has 2 aromatic carbocycles. The van der Waals surface area contributed by atoms with Crippen LogP contribution in [0.5, 0.6) is 0 Å². The van der Waals surface area contributed by atoms with Gasteiger partial charge >= 0.3 is 26.2 Å². The molecule has 0 aliphatic carbocycles. The van der Waals surface area contributed by atoms with Gasteiger partial charge in [0.05, 0.1) is 0 Å². The zero-order valence-electron chi connectivity index (χ0n) is 13.8. The smallest absolute Gasteiger partial charge is 0.400 e. The molecule has 2 aromatic rings. The van der Waals surface area contributed by atoms with Gasteiger partial charge in [-0.3, -0.25) is 0 Å². The zero-order chi connectivity index (χ0) is 15.6. The van der Waals surface area contributed by atoms with Gasteiger partial charge in [0, 0.05) is 14.2 Å². The second-order valence-electron chi connectivity index (χ2n) is 4.09. The summed E-state index contributed by atoms with van der Waals surface area (Å²) in [4.78, 5) is 0. The molecule has 2 rings (SSSR count). The number of aliphatic hydroxyl groups excluding tert-OH is 2. The minimum atomic E-state index is 0. The first-order valence-corrected chi connectivity index (χ1v) is 7.17. The number of rotatable bonds is 4. The van der Waals surface area contributed by atoms with Crippen molar-refractivity contribution >= 4 is 0 Å². The Hall–Kier alpha value is -0.497. The van der Waals surface area contributed by atoms with E-state index >= 15 is 0 Å². The third kappa shape index (κ3) is 15.7. The minimum absolute atomic E-state index is 0. The van der Waals surface area contributed by atoms with Crippen molar-refractivity contribution in [2.24, 2.45) is 0 Å². The Balaban J connectivity index is -0.000000240. The van der Waals surface area contributed by atoms with Crippen LogP contribution in [0, 0.1) is 0 Å². The van der Waals surface area contributed by atoms with Gasteiger partial charge in [0.25, 0.3) is 0 Å². The molecular weight excluding hydrogens is 339 g/mol. The molecule has 0 heterocycles. The Kier molecular flexibility index (Phi) is 26.4. The van der Waals surface area contributed by atoms with Crippen LogP contribution in [0.1, 0.15) is 37.8 Å². The van der Waals surface area contributed by atoms with Crippen molar-refractivity contribution in [2.45, 2.75) is 39.5 Å². The van der Waals surface area contributed by atoms with Crippen molar-refractivity contribution in [1.82, 2.24) is 0 Å². The molecule has 118 valence electrons. The standard InChI is InChI=1S/2C8H11.2CH4O.Zr/c2*1-2-5-8-6-3-4-7-8;2*1-2;/h2*3-4,6-7H,2,5H2,1H3;2*2H,1H3;/q2*-1;;;+2. The predicted octanol–water partition coefficient (Wildman–Crippen LogP) is 3.93. The van der Waals surface area contributed by atoms with Crippen molar-refractivity contribution in [3.05, 3.63) is 59.7 Å². The van der Waals surface area contributed by atoms with Crippen LogP contribution in [-0.2, 0) is 39.0 Å². The topological polar surface area (TPSA) is 40.5 Å². The molecular formula is C18H30O2Zr. The fourth-order valence-electron chi connectivity index (χ4n) is 1.74. The fraction of sp³-hybridized carbons (Fsp3) is 0.444. The molecule has 0 aliphatic rings. The summed E-state index contributed by atoms with van der Waals surface area (Å²) in [5.41, 5.74) is 2.93. The molecule has 0 aliphatic heterocycles. The fourth-order valence-corrected chi connectivity index (χ4v) is 1.74. The van der Waals surface area contributed by atoms with Gasteiger partial charge in [0.2, 0.25) is 0 Å². The summed E-state index contributed by atoms with van der Waals surface area (Å²) in [6.07, 6.45) is 4.97. The summed E-state index contributed by atoms with van der Waals surface area (Å²) in [5, 5.41) is 14.0. The normalized spacial score (nSPS) is 7.90. The van der Waals surface area contributed by atoms with Gasteiger partial charge in [0.15, 0.2) is 0 Å². The Morgan fingerprint density at radius 3 is 1.05 bits per heavy atom. The van der Waals surface area contributed by atoms with Gasteiger partial charge in [-0.1, -0.05) is 39.5 Å². The van der Waals surface area contributed by atoms with Crippen LogP contribution < -0.4 is 0 Å². The maximum Gasteiger partial charge on any atom is 2.00 e. The third-order valence-corrected chi connectivity index (χ3v) is 2.54. The van der Waals surface area contributed by atoms with Gasteiger partial charge in [-0.2, -0.15) is 35.4 Å². The first-order valence-electron chi connectivity index (χ1n) is 7.17. The maximum absolute atomic E-state index is 7.00. The van der Waals surface area contributed by atoms with Crippen LogP contribution in [-0.4, -0.2) is 24.4 Å². The van der Waals surface area contributed by atoms with E-state index in [-0.39, 0.29) is 26.2 Å². The maximum atomic E-state index is 7.00. The van der Waals surface area contributed by atoms with Crippen molar-refractivity contribution < 1.29 is 36.4 Å². The average Bonchev–Trinajstić information content (AvgIpc) is 3.19. The average molecular weight is 370 g/mol. The van der Waals surface area contributed by atoms with Crippen LogP contribution in [0.15, 0.2) is 48.5 Å².